The van der Waals surface area contributed by atoms with Crippen molar-refractivity contribution in [3.63, 3.8) is 0 Å². The molecule has 1 heterocycles. The highest BCUT2D eigenvalue weighted by atomic mass is 32.2. The maximum Gasteiger partial charge on any atom is 0.231 e. The van der Waals surface area contributed by atoms with Crippen molar-refractivity contribution in [3.05, 3.63) is 22.9 Å². The summed E-state index contributed by atoms with van der Waals surface area (Å²) in [5, 5.41) is 4.08. The van der Waals surface area contributed by atoms with Crippen LogP contribution < -0.4 is 4.72 Å². The van der Waals surface area contributed by atoms with Crippen LogP contribution in [0.15, 0.2) is 22.9 Å². The van der Waals surface area contributed by atoms with Gasteiger partial charge in [-0.15, -0.1) is 0 Å². The van der Waals surface area contributed by atoms with Crippen LogP contribution in [0.25, 0.3) is 0 Å². The summed E-state index contributed by atoms with van der Waals surface area (Å²) in [4.78, 5) is 0. The Morgan fingerprint density at radius 3 is 2.00 bits per heavy atom. The van der Waals surface area contributed by atoms with Gasteiger partial charge in [0.15, 0.2) is 0 Å². The zero-order valence-corrected chi connectivity index (χ0v) is 7.11. The lowest BCUT2D eigenvalue weighted by atomic mass is 10.7. The van der Waals surface area contributed by atoms with Crippen LogP contribution >= 0.6 is 11.3 Å². The molecule has 0 spiro atoms. The van der Waals surface area contributed by atoms with E-state index in [1.54, 1.807) is 11.3 Å². The lowest BCUT2D eigenvalue weighted by molar-refractivity contribution is 0.555. The molecule has 2 N–H and O–H groups in total. The number of hydrogen-bond donors (Lipinski definition) is 2. The average molecular weight is 179 g/mol. The third kappa shape index (κ3) is 7.77. The van der Waals surface area contributed by atoms with Crippen LogP contribution in [0.2, 0.25) is 0 Å². The van der Waals surface area contributed by atoms with Crippen molar-refractivity contribution in [2.75, 3.05) is 7.05 Å². The van der Waals surface area contributed by atoms with E-state index in [1.165, 1.54) is 7.05 Å². The number of thiophene rings is 1. The molecule has 58 valence electrons. The summed E-state index contributed by atoms with van der Waals surface area (Å²) >= 11 is -0.110. The van der Waals surface area contributed by atoms with Crippen LogP contribution in [0.5, 0.6) is 0 Å². The first-order chi connectivity index (χ1) is 4.77. The number of hydrogen-bond acceptors (Lipinski definition) is 2. The third-order valence-electron chi connectivity index (χ3n) is 0.600. The summed E-state index contributed by atoms with van der Waals surface area (Å²) in [6.45, 7) is 0. The van der Waals surface area contributed by atoms with Crippen LogP contribution in [0, 0.1) is 0 Å². The van der Waals surface area contributed by atoms with Gasteiger partial charge in [-0.3, -0.25) is 4.55 Å². The van der Waals surface area contributed by atoms with Gasteiger partial charge in [-0.2, -0.15) is 11.3 Å². The van der Waals surface area contributed by atoms with Crippen molar-refractivity contribution >= 4 is 22.6 Å². The van der Waals surface area contributed by atoms with Gasteiger partial charge in [0.1, 0.15) is 0 Å². The quantitative estimate of drug-likeness (QED) is 0.634. The smallest absolute Gasteiger partial charge is 0.231 e. The van der Waals surface area contributed by atoms with E-state index < -0.39 is 11.3 Å². The van der Waals surface area contributed by atoms with Gasteiger partial charge in [0, 0.05) is 0 Å². The first-order valence-corrected chi connectivity index (χ1v) is 4.57. The van der Waals surface area contributed by atoms with E-state index in [1.807, 2.05) is 22.9 Å². The largest absolute Gasteiger partial charge is 0.294 e. The fraction of sp³-hybridized carbons (Fsp3) is 0.200. The molecule has 0 aromatic carbocycles. The van der Waals surface area contributed by atoms with Crippen LogP contribution in [0.3, 0.4) is 0 Å². The maximum absolute atomic E-state index is 9.37. The van der Waals surface area contributed by atoms with E-state index in [0.29, 0.717) is 0 Å². The highest BCUT2D eigenvalue weighted by molar-refractivity contribution is 7.77. The molecule has 1 rings (SSSR count). The SMILES string of the molecule is CNS(=O)O.c1ccsc1. The van der Waals surface area contributed by atoms with E-state index in [4.69, 9.17) is 4.55 Å². The molecular formula is C5H9NO2S2. The van der Waals surface area contributed by atoms with Gasteiger partial charge < -0.3 is 0 Å². The Bertz CT molecular complexity index is 147. The Kier molecular flexibility index (Phi) is 6.73. The Morgan fingerprint density at radius 2 is 1.90 bits per heavy atom. The zero-order valence-electron chi connectivity index (χ0n) is 5.48. The predicted octanol–water partition coefficient (Wildman–Crippen LogP) is 1.09. The van der Waals surface area contributed by atoms with Crippen molar-refractivity contribution in [2.24, 2.45) is 0 Å². The monoisotopic (exact) mass is 179 g/mol. The van der Waals surface area contributed by atoms with Gasteiger partial charge in [0.2, 0.25) is 11.3 Å². The molecule has 0 aliphatic heterocycles. The minimum atomic E-state index is -1.82. The molecule has 5 heteroatoms. The van der Waals surface area contributed by atoms with E-state index >= 15 is 0 Å². The summed E-state index contributed by atoms with van der Waals surface area (Å²) in [6.07, 6.45) is 0. The number of rotatable bonds is 1. The van der Waals surface area contributed by atoms with Gasteiger partial charge in [-0.05, 0) is 17.8 Å². The topological polar surface area (TPSA) is 49.3 Å². The van der Waals surface area contributed by atoms with Crippen molar-refractivity contribution in [1.82, 2.24) is 4.72 Å². The molecule has 0 fully saturated rings. The van der Waals surface area contributed by atoms with Crippen molar-refractivity contribution in [2.45, 2.75) is 0 Å². The lowest BCUT2D eigenvalue weighted by Gasteiger charge is -1.77. The molecule has 10 heavy (non-hydrogen) atoms. The molecule has 1 aromatic rings. The van der Waals surface area contributed by atoms with Crippen LogP contribution in [0.1, 0.15) is 0 Å². The summed E-state index contributed by atoms with van der Waals surface area (Å²) in [7, 11) is 1.40. The normalized spacial score (nSPS) is 11.4. The fourth-order valence-corrected chi connectivity index (χ4v) is 0.680. The molecule has 0 bridgehead atoms. The van der Waals surface area contributed by atoms with Crippen LogP contribution in [-0.4, -0.2) is 15.8 Å². The third-order valence-corrected chi connectivity index (χ3v) is 1.58. The minimum Gasteiger partial charge on any atom is -0.294 e. The Labute approximate surface area is 66.5 Å². The van der Waals surface area contributed by atoms with Crippen molar-refractivity contribution < 1.29 is 8.76 Å². The van der Waals surface area contributed by atoms with Crippen molar-refractivity contribution in [3.8, 4) is 0 Å². The minimum absolute atomic E-state index is 1.40. The molecule has 0 saturated carbocycles. The summed E-state index contributed by atoms with van der Waals surface area (Å²) in [6, 6.07) is 4.04. The van der Waals surface area contributed by atoms with E-state index in [2.05, 4.69) is 4.72 Å². The second kappa shape index (κ2) is 6.88. The van der Waals surface area contributed by atoms with Crippen LogP contribution in [-0.2, 0) is 11.3 Å². The summed E-state index contributed by atoms with van der Waals surface area (Å²) in [5.41, 5.74) is 0. The highest BCUT2D eigenvalue weighted by Gasteiger charge is 1.72. The fourth-order valence-electron chi connectivity index (χ4n) is 0.227. The average Bonchev–Trinajstić information content (AvgIpc) is 2.43. The Balaban J connectivity index is 0.000000162. The first-order valence-electron chi connectivity index (χ1n) is 2.52. The molecular weight excluding hydrogens is 170 g/mol. The molecule has 1 atom stereocenters. The highest BCUT2D eigenvalue weighted by Crippen LogP contribution is 1.91. The maximum atomic E-state index is 9.37. The second-order valence-electron chi connectivity index (χ2n) is 1.25. The summed E-state index contributed by atoms with van der Waals surface area (Å²) in [5.74, 6) is 0. The van der Waals surface area contributed by atoms with Gasteiger partial charge in [-0.25, -0.2) is 8.93 Å². The predicted molar refractivity (Wildman–Crippen MR) is 44.1 cm³/mol. The van der Waals surface area contributed by atoms with Gasteiger partial charge >= 0.3 is 0 Å². The van der Waals surface area contributed by atoms with E-state index in [0.717, 1.165) is 0 Å². The molecule has 0 radical (unpaired) electrons. The molecule has 3 nitrogen and oxygen atoms in total. The standard InChI is InChI=1S/C4H4S.CH5NO2S/c1-2-4-5-3-1;1-2-5(3)4/h1-4H;2H,1H3,(H,3,4). The second-order valence-corrected chi connectivity index (χ2v) is 2.97. The van der Waals surface area contributed by atoms with Gasteiger partial charge in [-0.1, -0.05) is 12.1 Å². The Morgan fingerprint density at radius 1 is 1.50 bits per heavy atom. The van der Waals surface area contributed by atoms with Crippen LogP contribution in [0.4, 0.5) is 0 Å². The van der Waals surface area contributed by atoms with Gasteiger partial charge in [0.05, 0.1) is 0 Å². The first kappa shape index (κ1) is 9.77. The molecule has 1 unspecified atom stereocenters. The summed E-state index contributed by atoms with van der Waals surface area (Å²) < 4.78 is 19.1. The zero-order chi connectivity index (χ0) is 7.82. The van der Waals surface area contributed by atoms with E-state index in [-0.39, 0.29) is 0 Å². The molecule has 1 aromatic heterocycles. The Hall–Kier alpha value is -0.230. The lowest BCUT2D eigenvalue weighted by Crippen LogP contribution is -2.07. The molecule has 0 amide bonds. The van der Waals surface area contributed by atoms with Crippen molar-refractivity contribution in [1.29, 1.82) is 0 Å². The molecule has 0 saturated heterocycles. The number of nitrogens with one attached hydrogen (secondary N) is 1. The molecule has 0 aliphatic rings. The van der Waals surface area contributed by atoms with E-state index in [9.17, 15) is 4.21 Å². The van der Waals surface area contributed by atoms with Gasteiger partial charge in [0.25, 0.3) is 0 Å². The molecule has 0 aliphatic carbocycles.